The number of carbonyl (C=O) groups excluding carboxylic acids is 1. The van der Waals surface area contributed by atoms with E-state index >= 15 is 0 Å². The topological polar surface area (TPSA) is 128 Å². The number of sulfonamides is 1. The number of nitrogens with zero attached hydrogens (tertiary/aromatic N) is 4. The van der Waals surface area contributed by atoms with Crippen molar-refractivity contribution in [3.63, 3.8) is 0 Å². The molecule has 1 fully saturated rings. The molecule has 0 radical (unpaired) electrons. The van der Waals surface area contributed by atoms with Crippen LogP contribution in [0.2, 0.25) is 0 Å². The summed E-state index contributed by atoms with van der Waals surface area (Å²) in [6.07, 6.45) is 1.19. The first-order valence-corrected chi connectivity index (χ1v) is 12.3. The number of methoxy groups -OCH3 is 1. The third-order valence-electron chi connectivity index (χ3n) is 5.35. The van der Waals surface area contributed by atoms with Gasteiger partial charge in [0, 0.05) is 24.7 Å². The van der Waals surface area contributed by atoms with Gasteiger partial charge in [0.05, 0.1) is 7.11 Å². The number of anilines is 1. The van der Waals surface area contributed by atoms with Crippen LogP contribution in [0.1, 0.15) is 45.0 Å². The fourth-order valence-corrected chi connectivity index (χ4v) is 6.33. The molecule has 10 nitrogen and oxygen atoms in total. The third kappa shape index (κ3) is 4.38. The Kier molecular flexibility index (Phi) is 6.26. The molecule has 1 N–H and O–H groups in total. The molecule has 170 valence electrons. The Bertz CT molecular complexity index is 1190. The van der Waals surface area contributed by atoms with Gasteiger partial charge in [-0.2, -0.15) is 4.31 Å². The second-order valence-corrected chi connectivity index (χ2v) is 10.3. The SMILES string of the molecule is COc1ccc(NC(=O)c2nnc(C3CCN(S(=O)(=O)c4c(C)noc4C)CC3)s2)cc1. The van der Waals surface area contributed by atoms with Crippen LogP contribution < -0.4 is 10.1 Å². The van der Waals surface area contributed by atoms with Gasteiger partial charge in [0.25, 0.3) is 5.91 Å². The molecule has 1 saturated heterocycles. The van der Waals surface area contributed by atoms with Gasteiger partial charge in [-0.1, -0.05) is 16.5 Å². The molecule has 12 heteroatoms. The Morgan fingerprint density at radius 3 is 2.47 bits per heavy atom. The molecule has 0 bridgehead atoms. The molecule has 0 spiro atoms. The summed E-state index contributed by atoms with van der Waals surface area (Å²) in [7, 11) is -2.09. The number of amides is 1. The van der Waals surface area contributed by atoms with Crippen molar-refractivity contribution in [1.29, 1.82) is 0 Å². The minimum absolute atomic E-state index is 0.0474. The van der Waals surface area contributed by atoms with Crippen molar-refractivity contribution < 1.29 is 22.5 Å². The minimum atomic E-state index is -3.66. The number of carbonyl (C=O) groups is 1. The Labute approximate surface area is 189 Å². The second kappa shape index (κ2) is 8.96. The van der Waals surface area contributed by atoms with Crippen LogP contribution >= 0.6 is 11.3 Å². The molecule has 3 aromatic rings. The molecule has 1 aliphatic rings. The van der Waals surface area contributed by atoms with E-state index in [1.54, 1.807) is 45.2 Å². The minimum Gasteiger partial charge on any atom is -0.497 e. The van der Waals surface area contributed by atoms with E-state index in [1.165, 1.54) is 15.6 Å². The van der Waals surface area contributed by atoms with E-state index in [0.717, 1.165) is 5.01 Å². The molecule has 0 unspecified atom stereocenters. The second-order valence-electron chi connectivity index (χ2n) is 7.46. The van der Waals surface area contributed by atoms with Gasteiger partial charge < -0.3 is 14.6 Å². The van der Waals surface area contributed by atoms with E-state index in [0.29, 0.717) is 48.8 Å². The molecule has 1 amide bonds. The van der Waals surface area contributed by atoms with Crippen LogP contribution in [-0.4, -0.2) is 54.2 Å². The van der Waals surface area contributed by atoms with Crippen LogP contribution in [0.3, 0.4) is 0 Å². The normalized spacial score (nSPS) is 15.6. The first-order chi connectivity index (χ1) is 15.3. The first-order valence-electron chi connectivity index (χ1n) is 10.0. The van der Waals surface area contributed by atoms with Gasteiger partial charge in [-0.15, -0.1) is 10.2 Å². The standard InChI is InChI=1S/C20H23N5O5S2/c1-12-17(13(2)30-24-12)32(27,28)25-10-8-14(9-11-25)19-22-23-20(31-19)18(26)21-15-4-6-16(29-3)7-5-15/h4-7,14H,8-11H2,1-3H3,(H,21,26). The number of hydrogen-bond donors (Lipinski definition) is 1. The predicted octanol–water partition coefficient (Wildman–Crippen LogP) is 2.97. The van der Waals surface area contributed by atoms with E-state index in [4.69, 9.17) is 9.26 Å². The Morgan fingerprint density at radius 2 is 1.88 bits per heavy atom. The number of aryl methyl sites for hydroxylation is 2. The maximum atomic E-state index is 13.0. The van der Waals surface area contributed by atoms with Crippen molar-refractivity contribution in [3.05, 3.63) is 45.7 Å². The van der Waals surface area contributed by atoms with E-state index in [2.05, 4.69) is 20.7 Å². The molecule has 32 heavy (non-hydrogen) atoms. The van der Waals surface area contributed by atoms with Gasteiger partial charge in [-0.3, -0.25) is 4.79 Å². The number of rotatable bonds is 6. The summed E-state index contributed by atoms with van der Waals surface area (Å²) in [6, 6.07) is 7.00. The van der Waals surface area contributed by atoms with Crippen molar-refractivity contribution in [1.82, 2.24) is 19.7 Å². The van der Waals surface area contributed by atoms with Crippen LogP contribution in [0.4, 0.5) is 5.69 Å². The Hall–Kier alpha value is -2.83. The fourth-order valence-electron chi connectivity index (χ4n) is 3.67. The summed E-state index contributed by atoms with van der Waals surface area (Å²) in [4.78, 5) is 12.6. The monoisotopic (exact) mass is 477 g/mol. The smallest absolute Gasteiger partial charge is 0.286 e. The molecular weight excluding hydrogens is 454 g/mol. The lowest BCUT2D eigenvalue weighted by molar-refractivity contribution is 0.102. The van der Waals surface area contributed by atoms with E-state index < -0.39 is 10.0 Å². The maximum absolute atomic E-state index is 13.0. The van der Waals surface area contributed by atoms with Crippen molar-refractivity contribution in [2.24, 2.45) is 0 Å². The Balaban J connectivity index is 1.39. The van der Waals surface area contributed by atoms with Crippen molar-refractivity contribution >= 4 is 33.0 Å². The van der Waals surface area contributed by atoms with Crippen LogP contribution in [0, 0.1) is 13.8 Å². The zero-order chi connectivity index (χ0) is 22.9. The lowest BCUT2D eigenvalue weighted by Crippen LogP contribution is -2.38. The summed E-state index contributed by atoms with van der Waals surface area (Å²) >= 11 is 1.23. The summed E-state index contributed by atoms with van der Waals surface area (Å²) in [5.74, 6) is 0.702. The van der Waals surface area contributed by atoms with Crippen molar-refractivity contribution in [2.75, 3.05) is 25.5 Å². The van der Waals surface area contributed by atoms with Crippen molar-refractivity contribution in [2.45, 2.75) is 37.5 Å². The molecule has 4 rings (SSSR count). The van der Waals surface area contributed by atoms with E-state index in [9.17, 15) is 13.2 Å². The van der Waals surface area contributed by atoms with E-state index in [-0.39, 0.29) is 21.7 Å². The highest BCUT2D eigenvalue weighted by molar-refractivity contribution is 7.89. The Morgan fingerprint density at radius 1 is 1.19 bits per heavy atom. The number of hydrogen-bond acceptors (Lipinski definition) is 9. The van der Waals surface area contributed by atoms with Crippen LogP contribution in [-0.2, 0) is 10.0 Å². The lowest BCUT2D eigenvalue weighted by Gasteiger charge is -2.29. The number of ether oxygens (including phenoxy) is 1. The number of nitrogens with one attached hydrogen (secondary N) is 1. The van der Waals surface area contributed by atoms with Crippen LogP contribution in [0.5, 0.6) is 5.75 Å². The highest BCUT2D eigenvalue weighted by Crippen LogP contribution is 2.33. The highest BCUT2D eigenvalue weighted by atomic mass is 32.2. The maximum Gasteiger partial charge on any atom is 0.286 e. The summed E-state index contributed by atoms with van der Waals surface area (Å²) in [5.41, 5.74) is 0.992. The molecule has 0 atom stereocenters. The van der Waals surface area contributed by atoms with Gasteiger partial charge in [0.1, 0.15) is 21.3 Å². The summed E-state index contributed by atoms with van der Waals surface area (Å²) < 4.78 is 37.5. The zero-order valence-electron chi connectivity index (χ0n) is 17.9. The molecule has 1 aliphatic heterocycles. The summed E-state index contributed by atoms with van der Waals surface area (Å²) in [5, 5.41) is 15.8. The van der Waals surface area contributed by atoms with Crippen LogP contribution in [0.15, 0.2) is 33.7 Å². The third-order valence-corrected chi connectivity index (χ3v) is 8.58. The van der Waals surface area contributed by atoms with Gasteiger partial charge in [0.15, 0.2) is 5.76 Å². The quantitative estimate of drug-likeness (QED) is 0.574. The van der Waals surface area contributed by atoms with Gasteiger partial charge >= 0.3 is 0 Å². The lowest BCUT2D eigenvalue weighted by atomic mass is 9.99. The van der Waals surface area contributed by atoms with Gasteiger partial charge in [-0.25, -0.2) is 8.42 Å². The number of aromatic nitrogens is 3. The first kappa shape index (κ1) is 22.4. The van der Waals surface area contributed by atoms with Crippen LogP contribution in [0.25, 0.3) is 0 Å². The highest BCUT2D eigenvalue weighted by Gasteiger charge is 2.35. The summed E-state index contributed by atoms with van der Waals surface area (Å²) in [6.45, 7) is 3.92. The number of benzene rings is 1. The molecule has 0 saturated carbocycles. The van der Waals surface area contributed by atoms with E-state index in [1.807, 2.05) is 0 Å². The average Bonchev–Trinajstić information content (AvgIpc) is 3.41. The predicted molar refractivity (Wildman–Crippen MR) is 118 cm³/mol. The molecule has 2 aromatic heterocycles. The fraction of sp³-hybridized carbons (Fsp3) is 0.400. The zero-order valence-corrected chi connectivity index (χ0v) is 19.5. The molecule has 1 aromatic carbocycles. The largest absolute Gasteiger partial charge is 0.497 e. The van der Waals surface area contributed by atoms with Gasteiger partial charge in [-0.05, 0) is 51.0 Å². The molecule has 0 aliphatic carbocycles. The van der Waals surface area contributed by atoms with Gasteiger partial charge in [0.2, 0.25) is 15.0 Å². The number of piperidine rings is 1. The average molecular weight is 478 g/mol. The molecule has 3 heterocycles. The molecular formula is C20H23N5O5S2. The van der Waals surface area contributed by atoms with Crippen molar-refractivity contribution in [3.8, 4) is 5.75 Å².